The van der Waals surface area contributed by atoms with Gasteiger partial charge in [0.05, 0.1) is 5.69 Å². The Morgan fingerprint density at radius 3 is 2.63 bits per heavy atom. The number of hydrogen-bond acceptors (Lipinski definition) is 5. The van der Waals surface area contributed by atoms with E-state index in [1.165, 1.54) is 0 Å². The molecule has 0 aliphatic heterocycles. The normalized spacial score (nSPS) is 10.6. The van der Waals surface area contributed by atoms with Gasteiger partial charge < -0.3 is 0 Å². The molecular formula is C12H12N6O. The number of carbonyl (C=O) groups is 1. The number of benzene rings is 1. The molecular weight excluding hydrogens is 244 g/mol. The molecule has 2 amide bonds. The van der Waals surface area contributed by atoms with Crippen LogP contribution in [0.15, 0.2) is 46.8 Å². The van der Waals surface area contributed by atoms with Crippen molar-refractivity contribution < 1.29 is 4.79 Å². The van der Waals surface area contributed by atoms with Crippen molar-refractivity contribution in [3.63, 3.8) is 0 Å². The van der Waals surface area contributed by atoms with Gasteiger partial charge in [0.25, 0.3) is 0 Å². The second kappa shape index (κ2) is 5.78. The van der Waals surface area contributed by atoms with E-state index in [0.29, 0.717) is 11.5 Å². The van der Waals surface area contributed by atoms with Gasteiger partial charge in [-0.05, 0) is 37.3 Å². The number of nitrogens with two attached hydrogens (primary N) is 1. The zero-order chi connectivity index (χ0) is 13.7. The van der Waals surface area contributed by atoms with Crippen molar-refractivity contribution in [3.8, 4) is 11.4 Å². The van der Waals surface area contributed by atoms with Crippen molar-refractivity contribution in [2.24, 2.45) is 16.1 Å². The van der Waals surface area contributed by atoms with Crippen LogP contribution in [0, 0.1) is 6.92 Å². The number of rotatable bonds is 2. The van der Waals surface area contributed by atoms with Crippen LogP contribution in [-0.2, 0) is 0 Å². The molecule has 2 rings (SSSR count). The summed E-state index contributed by atoms with van der Waals surface area (Å²) in [7, 11) is 0. The zero-order valence-corrected chi connectivity index (χ0v) is 10.2. The third-order valence-corrected chi connectivity index (χ3v) is 2.30. The van der Waals surface area contributed by atoms with Crippen molar-refractivity contribution in [1.29, 1.82) is 0 Å². The summed E-state index contributed by atoms with van der Waals surface area (Å²) in [6.07, 6.45) is 1.71. The van der Waals surface area contributed by atoms with Gasteiger partial charge in [-0.1, -0.05) is 5.11 Å². The number of hydrogen-bond donors (Lipinski definition) is 2. The predicted molar refractivity (Wildman–Crippen MR) is 69.4 cm³/mol. The van der Waals surface area contributed by atoms with Gasteiger partial charge in [-0.3, -0.25) is 5.43 Å². The summed E-state index contributed by atoms with van der Waals surface area (Å²) >= 11 is 0. The minimum absolute atomic E-state index is 0.542. The Hall–Kier alpha value is -2.67. The molecule has 0 aliphatic rings. The summed E-state index contributed by atoms with van der Waals surface area (Å²) in [5.74, 6) is 5.52. The number of nitrogens with one attached hydrogen (secondary N) is 1. The highest BCUT2D eigenvalue weighted by atomic mass is 16.2. The van der Waals surface area contributed by atoms with Crippen LogP contribution in [0.4, 0.5) is 10.5 Å². The Balaban J connectivity index is 2.19. The van der Waals surface area contributed by atoms with Crippen molar-refractivity contribution in [2.45, 2.75) is 6.92 Å². The lowest BCUT2D eigenvalue weighted by Gasteiger charge is -2.00. The third-order valence-electron chi connectivity index (χ3n) is 2.30. The lowest BCUT2D eigenvalue weighted by Crippen LogP contribution is -2.26. The molecule has 0 bridgehead atoms. The van der Waals surface area contributed by atoms with Gasteiger partial charge in [0.2, 0.25) is 0 Å². The quantitative estimate of drug-likeness (QED) is 0.371. The molecule has 0 radical (unpaired) electrons. The van der Waals surface area contributed by atoms with E-state index in [-0.39, 0.29) is 0 Å². The van der Waals surface area contributed by atoms with Crippen molar-refractivity contribution in [1.82, 2.24) is 15.4 Å². The van der Waals surface area contributed by atoms with Crippen LogP contribution in [0.5, 0.6) is 0 Å². The number of nitrogens with zero attached hydrogens (tertiary/aromatic N) is 4. The molecule has 0 saturated heterocycles. The van der Waals surface area contributed by atoms with E-state index >= 15 is 0 Å². The Kier molecular flexibility index (Phi) is 3.89. The molecule has 0 spiro atoms. The maximum Gasteiger partial charge on any atom is 0.373 e. The van der Waals surface area contributed by atoms with Gasteiger partial charge >= 0.3 is 6.03 Å². The zero-order valence-electron chi connectivity index (χ0n) is 10.2. The van der Waals surface area contributed by atoms with Crippen LogP contribution in [0.1, 0.15) is 5.69 Å². The van der Waals surface area contributed by atoms with Gasteiger partial charge in [-0.15, -0.1) is 5.11 Å². The fourth-order valence-electron chi connectivity index (χ4n) is 1.40. The fraction of sp³-hybridized carbons (Fsp3) is 0.0833. The standard InChI is InChI=1S/C12H12N6O/c1-8-6-7-14-11(15-8)9-2-4-10(5-3-9)17-18-12(19)16-13/h2-7H,13H2,1H3,(H,16,19). The number of aryl methyl sites for hydroxylation is 1. The number of urea groups is 1. The molecule has 1 heterocycles. The number of aromatic nitrogens is 2. The average molecular weight is 256 g/mol. The lowest BCUT2D eigenvalue weighted by molar-refractivity contribution is 0.248. The Morgan fingerprint density at radius 2 is 2.00 bits per heavy atom. The number of amides is 2. The first kappa shape index (κ1) is 12.8. The largest absolute Gasteiger partial charge is 0.373 e. The van der Waals surface area contributed by atoms with Gasteiger partial charge in [-0.25, -0.2) is 20.6 Å². The first-order valence-corrected chi connectivity index (χ1v) is 5.51. The van der Waals surface area contributed by atoms with E-state index < -0.39 is 6.03 Å². The number of azo groups is 1. The number of carbonyl (C=O) groups excluding carboxylic acids is 1. The van der Waals surface area contributed by atoms with Crippen LogP contribution in [0.25, 0.3) is 11.4 Å². The van der Waals surface area contributed by atoms with Gasteiger partial charge in [0.1, 0.15) is 0 Å². The molecule has 0 saturated carbocycles. The molecule has 0 fully saturated rings. The molecule has 1 aromatic carbocycles. The fourth-order valence-corrected chi connectivity index (χ4v) is 1.40. The van der Waals surface area contributed by atoms with Crippen LogP contribution in [-0.4, -0.2) is 16.0 Å². The summed E-state index contributed by atoms with van der Waals surface area (Å²) in [5.41, 5.74) is 4.16. The monoisotopic (exact) mass is 256 g/mol. The topological polar surface area (TPSA) is 106 Å². The van der Waals surface area contributed by atoms with Crippen LogP contribution in [0.3, 0.4) is 0 Å². The molecule has 96 valence electrons. The summed E-state index contributed by atoms with van der Waals surface area (Å²) in [6.45, 7) is 1.90. The minimum atomic E-state index is -0.703. The van der Waals surface area contributed by atoms with Gasteiger partial charge in [-0.2, -0.15) is 0 Å². The Labute approximate surface area is 109 Å². The van der Waals surface area contributed by atoms with E-state index in [1.54, 1.807) is 18.3 Å². The molecule has 7 heteroatoms. The second-order valence-electron chi connectivity index (χ2n) is 3.72. The van der Waals surface area contributed by atoms with Crippen LogP contribution in [0.2, 0.25) is 0 Å². The summed E-state index contributed by atoms with van der Waals surface area (Å²) in [6, 6.07) is 8.18. The van der Waals surface area contributed by atoms with Crippen molar-refractivity contribution in [3.05, 3.63) is 42.2 Å². The van der Waals surface area contributed by atoms with Crippen LogP contribution < -0.4 is 11.3 Å². The highest BCUT2D eigenvalue weighted by Crippen LogP contribution is 2.19. The van der Waals surface area contributed by atoms with Gasteiger partial charge in [0.15, 0.2) is 5.82 Å². The third kappa shape index (κ3) is 3.39. The summed E-state index contributed by atoms with van der Waals surface area (Å²) in [4.78, 5) is 19.3. The molecule has 7 nitrogen and oxygen atoms in total. The molecule has 3 N–H and O–H groups in total. The van der Waals surface area contributed by atoms with Crippen LogP contribution >= 0.6 is 0 Å². The van der Waals surface area contributed by atoms with Gasteiger partial charge in [0, 0.05) is 17.5 Å². The molecule has 2 aromatic rings. The maximum absolute atomic E-state index is 10.8. The highest BCUT2D eigenvalue weighted by Gasteiger charge is 2.01. The number of hydrazine groups is 1. The van der Waals surface area contributed by atoms with Crippen molar-refractivity contribution >= 4 is 11.7 Å². The summed E-state index contributed by atoms with van der Waals surface area (Å²) in [5, 5.41) is 7.07. The first-order chi connectivity index (χ1) is 9.19. The molecule has 1 aromatic heterocycles. The second-order valence-corrected chi connectivity index (χ2v) is 3.72. The first-order valence-electron chi connectivity index (χ1n) is 5.51. The highest BCUT2D eigenvalue weighted by molar-refractivity contribution is 5.73. The van der Waals surface area contributed by atoms with E-state index in [9.17, 15) is 4.79 Å². The molecule has 0 unspecified atom stereocenters. The molecule has 0 atom stereocenters. The van der Waals surface area contributed by atoms with E-state index in [2.05, 4.69) is 20.2 Å². The molecule has 19 heavy (non-hydrogen) atoms. The smallest absolute Gasteiger partial charge is 0.273 e. The summed E-state index contributed by atoms with van der Waals surface area (Å²) < 4.78 is 0. The SMILES string of the molecule is Cc1ccnc(-c2ccc(N=NC(=O)NN)cc2)n1. The Bertz CT molecular complexity index is 608. The Morgan fingerprint density at radius 1 is 1.26 bits per heavy atom. The van der Waals surface area contributed by atoms with E-state index in [0.717, 1.165) is 11.3 Å². The van der Waals surface area contributed by atoms with E-state index in [1.807, 2.05) is 30.5 Å². The minimum Gasteiger partial charge on any atom is -0.273 e. The average Bonchev–Trinajstić information content (AvgIpc) is 2.45. The van der Waals surface area contributed by atoms with E-state index in [4.69, 9.17) is 5.84 Å². The van der Waals surface area contributed by atoms with Crippen molar-refractivity contribution in [2.75, 3.05) is 0 Å². The molecule has 0 aliphatic carbocycles. The predicted octanol–water partition coefficient (Wildman–Crippen LogP) is 2.12. The lowest BCUT2D eigenvalue weighted by atomic mass is 10.2. The maximum atomic E-state index is 10.8.